The van der Waals surface area contributed by atoms with Crippen molar-refractivity contribution < 1.29 is 28.5 Å². The first-order valence-corrected chi connectivity index (χ1v) is 14.7. The summed E-state index contributed by atoms with van der Waals surface area (Å²) in [6.45, 7) is 19.7. The molecule has 0 aliphatic heterocycles. The zero-order valence-electron chi connectivity index (χ0n) is 24.9. The summed E-state index contributed by atoms with van der Waals surface area (Å²) < 4.78 is 24.5. The lowest BCUT2D eigenvalue weighted by Gasteiger charge is -2.29. The van der Waals surface area contributed by atoms with Gasteiger partial charge in [-0.15, -0.1) is 0 Å². The molecule has 5 unspecified atom stereocenters. The molecule has 1 saturated carbocycles. The average molecular weight is 549 g/mol. The van der Waals surface area contributed by atoms with Crippen LogP contribution in [0, 0.1) is 5.92 Å². The van der Waals surface area contributed by atoms with E-state index in [1.54, 1.807) is 13.8 Å². The van der Waals surface area contributed by atoms with Gasteiger partial charge < -0.3 is 18.9 Å². The maximum Gasteiger partial charge on any atom is 0.333 e. The van der Waals surface area contributed by atoms with Crippen LogP contribution >= 0.6 is 0 Å². The Labute approximate surface area is 238 Å². The van der Waals surface area contributed by atoms with Crippen LogP contribution in [0.5, 0.6) is 11.5 Å². The zero-order chi connectivity index (χ0) is 29.1. The molecule has 2 bridgehead atoms. The molecule has 2 aromatic carbocycles. The molecule has 5 atom stereocenters. The minimum Gasteiger partial charge on any atom is -0.489 e. The Morgan fingerprint density at radius 2 is 1.40 bits per heavy atom. The van der Waals surface area contributed by atoms with Crippen LogP contribution in [0.4, 0.5) is 0 Å². The topological polar surface area (TPSA) is 71.1 Å². The Morgan fingerprint density at radius 3 is 1.90 bits per heavy atom. The fourth-order valence-electron chi connectivity index (χ4n) is 6.03. The van der Waals surface area contributed by atoms with Gasteiger partial charge >= 0.3 is 11.9 Å². The molecule has 4 rings (SSSR count). The maximum absolute atomic E-state index is 12.2. The van der Waals surface area contributed by atoms with Gasteiger partial charge in [-0.25, -0.2) is 9.59 Å². The number of hydrogen-bond donors (Lipinski definition) is 0. The molecule has 2 aromatic rings. The average Bonchev–Trinajstić information content (AvgIpc) is 3.50. The molecule has 0 aromatic heterocycles. The van der Waals surface area contributed by atoms with E-state index < -0.39 is 11.9 Å². The smallest absolute Gasteiger partial charge is 0.333 e. The van der Waals surface area contributed by atoms with Gasteiger partial charge in [0, 0.05) is 33.0 Å². The Bertz CT molecular complexity index is 1310. The van der Waals surface area contributed by atoms with Crippen LogP contribution in [0.1, 0.15) is 95.8 Å². The molecule has 0 amide bonds. The summed E-state index contributed by atoms with van der Waals surface area (Å²) in [6, 6.07) is 6.48. The van der Waals surface area contributed by atoms with E-state index in [0.29, 0.717) is 41.7 Å². The molecule has 0 N–H and O–H groups in total. The van der Waals surface area contributed by atoms with Crippen LogP contribution in [0.15, 0.2) is 42.5 Å². The monoisotopic (exact) mass is 548 g/mol. The van der Waals surface area contributed by atoms with E-state index in [1.807, 2.05) is 13.8 Å². The summed E-state index contributed by atoms with van der Waals surface area (Å²) in [5.41, 5.74) is 4.42. The number of aryl methyl sites for hydroxylation is 1. The van der Waals surface area contributed by atoms with Crippen molar-refractivity contribution in [3.05, 3.63) is 59.2 Å². The largest absolute Gasteiger partial charge is 0.489 e. The van der Waals surface area contributed by atoms with E-state index >= 15 is 0 Å². The Hall–Kier alpha value is -3.28. The zero-order valence-corrected chi connectivity index (χ0v) is 24.9. The first-order valence-electron chi connectivity index (χ1n) is 14.7. The summed E-state index contributed by atoms with van der Waals surface area (Å²) in [5.74, 6) is 2.29. The van der Waals surface area contributed by atoms with Gasteiger partial charge in [-0.3, -0.25) is 0 Å². The fourth-order valence-corrected chi connectivity index (χ4v) is 6.03. The van der Waals surface area contributed by atoms with Crippen molar-refractivity contribution >= 4 is 22.7 Å². The van der Waals surface area contributed by atoms with Crippen LogP contribution in [0.25, 0.3) is 10.8 Å². The minimum absolute atomic E-state index is 0.271. The molecule has 6 heteroatoms. The summed E-state index contributed by atoms with van der Waals surface area (Å²) in [6.07, 6.45) is 3.63. The molecule has 0 radical (unpaired) electrons. The second-order valence-electron chi connectivity index (χ2n) is 11.5. The summed E-state index contributed by atoms with van der Waals surface area (Å²) in [4.78, 5) is 24.4. The second kappa shape index (κ2) is 12.5. The van der Waals surface area contributed by atoms with E-state index in [4.69, 9.17) is 18.9 Å². The van der Waals surface area contributed by atoms with Crippen molar-refractivity contribution in [2.75, 3.05) is 13.2 Å². The third-order valence-corrected chi connectivity index (χ3v) is 8.40. The second-order valence-corrected chi connectivity index (χ2v) is 11.5. The van der Waals surface area contributed by atoms with Crippen molar-refractivity contribution in [2.45, 2.75) is 97.7 Å². The third kappa shape index (κ3) is 5.91. The predicted molar refractivity (Wildman–Crippen MR) is 158 cm³/mol. The first kappa shape index (κ1) is 29.7. The van der Waals surface area contributed by atoms with Gasteiger partial charge in [0.05, 0.1) is 0 Å². The van der Waals surface area contributed by atoms with Crippen molar-refractivity contribution in [2.24, 2.45) is 5.92 Å². The van der Waals surface area contributed by atoms with Crippen LogP contribution in [-0.4, -0.2) is 37.4 Å². The number of ether oxygens (including phenoxy) is 4. The van der Waals surface area contributed by atoms with Gasteiger partial charge in [0.1, 0.15) is 36.9 Å². The van der Waals surface area contributed by atoms with Crippen molar-refractivity contribution in [3.8, 4) is 11.5 Å². The van der Waals surface area contributed by atoms with Crippen LogP contribution in [0.3, 0.4) is 0 Å². The summed E-state index contributed by atoms with van der Waals surface area (Å²) in [7, 11) is 0. The van der Waals surface area contributed by atoms with E-state index in [2.05, 4.69) is 45.2 Å². The van der Waals surface area contributed by atoms with E-state index in [9.17, 15) is 9.59 Å². The third-order valence-electron chi connectivity index (χ3n) is 8.40. The van der Waals surface area contributed by atoms with E-state index in [0.717, 1.165) is 41.5 Å². The number of fused-ring (bicyclic) bond motifs is 6. The minimum atomic E-state index is -0.396. The molecule has 0 heterocycles. The van der Waals surface area contributed by atoms with Crippen molar-refractivity contribution in [1.82, 2.24) is 0 Å². The van der Waals surface area contributed by atoms with Crippen molar-refractivity contribution in [3.63, 3.8) is 0 Å². The quantitative estimate of drug-likeness (QED) is 0.190. The Balaban J connectivity index is 1.76. The van der Waals surface area contributed by atoms with Crippen molar-refractivity contribution in [1.29, 1.82) is 0 Å². The van der Waals surface area contributed by atoms with Crippen LogP contribution in [0.2, 0.25) is 0 Å². The Kier molecular flexibility index (Phi) is 9.27. The maximum atomic E-state index is 12.2. The SMILES string of the molecule is C=C(C)C(=O)OC(CC)COc1c2c(c(OCC(CC)OC(=O)C(=C)C)c3ccc(CC)cc13)C1CC2CC1C. The highest BCUT2D eigenvalue weighted by Gasteiger charge is 2.46. The fraction of sp³-hybridized carbons (Fsp3) is 0.529. The van der Waals surface area contributed by atoms with Crippen LogP contribution in [-0.2, 0) is 25.5 Å². The number of benzene rings is 2. The molecular formula is C34H44O6. The molecule has 0 saturated heterocycles. The number of rotatable bonds is 13. The molecule has 2 aliphatic carbocycles. The lowest BCUT2D eigenvalue weighted by atomic mass is 9.81. The summed E-state index contributed by atoms with van der Waals surface area (Å²) in [5, 5.41) is 2.01. The Morgan fingerprint density at radius 1 is 0.850 bits per heavy atom. The molecular weight excluding hydrogens is 504 g/mol. The predicted octanol–water partition coefficient (Wildman–Crippen LogP) is 7.57. The lowest BCUT2D eigenvalue weighted by molar-refractivity contribution is -0.146. The standard InChI is InChI=1S/C34H44O6/c1-9-22-12-13-26-28(15-22)32(38-18-25(11-3)40-34(36)20(6)7)29-23-14-21(8)27(16-23)30(29)31(26)37-17-24(10-2)39-33(35)19(4)5/h12-13,15,21,23-25,27H,4,6,9-11,14,16-18H2,1-3,5,7-8H3. The van der Waals surface area contributed by atoms with Crippen LogP contribution < -0.4 is 9.47 Å². The van der Waals surface area contributed by atoms with Gasteiger partial charge in [-0.2, -0.15) is 0 Å². The van der Waals surface area contributed by atoms with E-state index in [-0.39, 0.29) is 25.4 Å². The molecule has 216 valence electrons. The number of esters is 2. The molecule has 6 nitrogen and oxygen atoms in total. The number of carbonyl (C=O) groups excluding carboxylic acids is 2. The highest BCUT2D eigenvalue weighted by Crippen LogP contribution is 2.63. The van der Waals surface area contributed by atoms with Gasteiger partial charge in [0.2, 0.25) is 0 Å². The van der Waals surface area contributed by atoms with Gasteiger partial charge in [0.15, 0.2) is 0 Å². The lowest BCUT2D eigenvalue weighted by Crippen LogP contribution is -2.26. The summed E-state index contributed by atoms with van der Waals surface area (Å²) >= 11 is 0. The highest BCUT2D eigenvalue weighted by molar-refractivity contribution is 5.97. The molecule has 40 heavy (non-hydrogen) atoms. The number of carbonyl (C=O) groups is 2. The molecule has 1 fully saturated rings. The van der Waals surface area contributed by atoms with E-state index in [1.165, 1.54) is 16.7 Å². The van der Waals surface area contributed by atoms with Gasteiger partial charge in [-0.1, -0.05) is 53.0 Å². The van der Waals surface area contributed by atoms with Gasteiger partial charge in [0.25, 0.3) is 0 Å². The molecule has 2 aliphatic rings. The normalized spacial score (nSPS) is 20.5. The highest BCUT2D eigenvalue weighted by atomic mass is 16.6. The number of hydrogen-bond acceptors (Lipinski definition) is 6. The molecule has 0 spiro atoms. The first-order chi connectivity index (χ1) is 19.1. The van der Waals surface area contributed by atoms with Gasteiger partial charge in [-0.05, 0) is 75.3 Å².